The highest BCUT2D eigenvalue weighted by Gasteiger charge is 2.32. The second-order valence-electron chi connectivity index (χ2n) is 9.67. The molecule has 5 heteroatoms. The highest BCUT2D eigenvalue weighted by molar-refractivity contribution is 6.13. The van der Waals surface area contributed by atoms with Gasteiger partial charge in [0.15, 0.2) is 11.2 Å². The third-order valence-electron chi connectivity index (χ3n) is 6.69. The first-order valence-corrected chi connectivity index (χ1v) is 11.8. The Hall–Kier alpha value is -3.73. The van der Waals surface area contributed by atoms with Crippen molar-refractivity contribution in [1.29, 1.82) is 0 Å². The molecule has 1 atom stereocenters. The van der Waals surface area contributed by atoms with E-state index in [2.05, 4.69) is 25.3 Å². The Balaban J connectivity index is 2.10. The van der Waals surface area contributed by atoms with Crippen LogP contribution in [0.15, 0.2) is 72.2 Å². The number of hydrogen-bond acceptors (Lipinski definition) is 3. The van der Waals surface area contributed by atoms with Gasteiger partial charge in [-0.2, -0.15) is 0 Å². The van der Waals surface area contributed by atoms with Crippen molar-refractivity contribution in [2.45, 2.75) is 33.7 Å². The molecule has 0 spiro atoms. The summed E-state index contributed by atoms with van der Waals surface area (Å²) in [7, 11) is 1.99. The van der Waals surface area contributed by atoms with Gasteiger partial charge in [-0.15, -0.1) is 0 Å². The molecule has 0 saturated heterocycles. The van der Waals surface area contributed by atoms with E-state index in [9.17, 15) is 14.0 Å². The van der Waals surface area contributed by atoms with Crippen molar-refractivity contribution >= 4 is 22.6 Å². The molecule has 180 valence electrons. The van der Waals surface area contributed by atoms with Crippen molar-refractivity contribution in [3.8, 4) is 0 Å². The number of carbonyl (C=O) groups is 1. The van der Waals surface area contributed by atoms with E-state index in [-0.39, 0.29) is 34.6 Å². The van der Waals surface area contributed by atoms with E-state index in [1.165, 1.54) is 19.1 Å². The van der Waals surface area contributed by atoms with Gasteiger partial charge in [0.2, 0.25) is 0 Å². The highest BCUT2D eigenvalue weighted by Crippen LogP contribution is 2.42. The van der Waals surface area contributed by atoms with Crippen molar-refractivity contribution in [2.75, 3.05) is 13.6 Å². The molecule has 0 amide bonds. The molecule has 0 N–H and O–H groups in total. The monoisotopic (exact) mass is 470 g/mol. The van der Waals surface area contributed by atoms with E-state index in [1.807, 2.05) is 48.9 Å². The lowest BCUT2D eigenvalue weighted by atomic mass is 9.88. The summed E-state index contributed by atoms with van der Waals surface area (Å²) in [5.41, 5.74) is 5.51. The molecule has 2 aromatic carbocycles. The summed E-state index contributed by atoms with van der Waals surface area (Å²) in [6.45, 7) is 12.8. The third-order valence-corrected chi connectivity index (χ3v) is 6.69. The molecule has 0 fully saturated rings. The van der Waals surface area contributed by atoms with Crippen LogP contribution in [0.1, 0.15) is 59.6 Å². The Labute approximate surface area is 206 Å². The summed E-state index contributed by atoms with van der Waals surface area (Å²) < 4.78 is 16.5. The largest absolute Gasteiger partial charge is 0.370 e. The number of halogens is 1. The predicted octanol–water partition coefficient (Wildman–Crippen LogP) is 6.22. The molecule has 35 heavy (non-hydrogen) atoms. The molecule has 0 saturated carbocycles. The normalized spacial score (nSPS) is 16.8. The topological polar surface area (TPSA) is 42.3 Å². The van der Waals surface area contributed by atoms with Crippen molar-refractivity contribution in [3.63, 3.8) is 0 Å². The summed E-state index contributed by atoms with van der Waals surface area (Å²) in [6, 6.07) is 16.1. The number of rotatable bonds is 5. The Morgan fingerprint density at radius 1 is 1.09 bits per heavy atom. The molecule has 3 aromatic rings. The van der Waals surface area contributed by atoms with Gasteiger partial charge < -0.3 is 9.47 Å². The molecule has 0 radical (unpaired) electrons. The van der Waals surface area contributed by atoms with Crippen LogP contribution in [0.2, 0.25) is 0 Å². The fourth-order valence-electron chi connectivity index (χ4n) is 4.86. The number of aryl methyl sites for hydroxylation is 1. The fraction of sp³-hybridized carbons (Fsp3) is 0.267. The quantitative estimate of drug-likeness (QED) is 0.416. The van der Waals surface area contributed by atoms with Crippen LogP contribution in [0.3, 0.4) is 0 Å². The SMILES string of the molecule is C=C(/C(=C1/c2cc(=O)c(C(C)=O)cn2C(C(C)C)CN1C)c1cccc(F)c1)c1cccc(C)c1. The molecule has 1 aromatic heterocycles. The van der Waals surface area contributed by atoms with Crippen molar-refractivity contribution in [3.05, 3.63) is 111 Å². The summed E-state index contributed by atoms with van der Waals surface area (Å²) >= 11 is 0. The number of Topliss-reactive ketones (excluding diaryl/α,β-unsaturated/α-hetero) is 1. The van der Waals surface area contributed by atoms with Crippen LogP contribution in [0.25, 0.3) is 16.8 Å². The molecule has 1 aliphatic rings. The minimum Gasteiger partial charge on any atom is -0.370 e. The molecular formula is C30H31FN2O2. The van der Waals surface area contributed by atoms with Gasteiger partial charge in [-0.25, -0.2) is 4.39 Å². The first-order valence-electron chi connectivity index (χ1n) is 11.8. The molecule has 4 nitrogen and oxygen atoms in total. The Morgan fingerprint density at radius 2 is 1.77 bits per heavy atom. The summed E-state index contributed by atoms with van der Waals surface area (Å²) in [6.07, 6.45) is 1.69. The van der Waals surface area contributed by atoms with Gasteiger partial charge in [0.05, 0.1) is 23.0 Å². The highest BCUT2D eigenvalue weighted by atomic mass is 19.1. The van der Waals surface area contributed by atoms with Gasteiger partial charge in [0, 0.05) is 31.4 Å². The number of likely N-dealkylation sites (N-methyl/N-ethyl adjacent to an activating group) is 1. The molecule has 2 heterocycles. The summed E-state index contributed by atoms with van der Waals surface area (Å²) in [4.78, 5) is 27.3. The second-order valence-corrected chi connectivity index (χ2v) is 9.67. The number of nitrogens with zero attached hydrogens (tertiary/aromatic N) is 2. The van der Waals surface area contributed by atoms with Crippen LogP contribution in [-0.2, 0) is 0 Å². The maximum atomic E-state index is 14.4. The van der Waals surface area contributed by atoms with Crippen LogP contribution in [0.4, 0.5) is 4.39 Å². The zero-order valence-corrected chi connectivity index (χ0v) is 20.9. The first-order chi connectivity index (χ1) is 16.6. The van der Waals surface area contributed by atoms with Gasteiger partial charge in [0.1, 0.15) is 5.82 Å². The average Bonchev–Trinajstić information content (AvgIpc) is 2.79. The van der Waals surface area contributed by atoms with E-state index in [0.717, 1.165) is 28.0 Å². The molecule has 1 unspecified atom stereocenters. The van der Waals surface area contributed by atoms with Crippen LogP contribution in [-0.4, -0.2) is 28.8 Å². The van der Waals surface area contributed by atoms with Gasteiger partial charge in [-0.1, -0.05) is 62.4 Å². The van der Waals surface area contributed by atoms with Gasteiger partial charge >= 0.3 is 0 Å². The number of carbonyl (C=O) groups excluding carboxylic acids is 1. The lowest BCUT2D eigenvalue weighted by Gasteiger charge is -2.41. The van der Waals surface area contributed by atoms with E-state index in [1.54, 1.807) is 18.3 Å². The minimum absolute atomic E-state index is 0.0541. The average molecular weight is 471 g/mol. The summed E-state index contributed by atoms with van der Waals surface area (Å²) in [5.74, 6) is -0.343. The molecule has 1 aliphatic heterocycles. The lowest BCUT2D eigenvalue weighted by molar-refractivity contribution is 0.101. The minimum atomic E-state index is -0.347. The Kier molecular flexibility index (Phi) is 6.62. The zero-order chi connectivity index (χ0) is 25.4. The number of hydrogen-bond donors (Lipinski definition) is 0. The van der Waals surface area contributed by atoms with Crippen LogP contribution in [0.5, 0.6) is 0 Å². The van der Waals surface area contributed by atoms with Gasteiger partial charge in [-0.3, -0.25) is 9.59 Å². The maximum absolute atomic E-state index is 14.4. The molecular weight excluding hydrogens is 439 g/mol. The van der Waals surface area contributed by atoms with Crippen LogP contribution >= 0.6 is 0 Å². The number of benzene rings is 2. The zero-order valence-electron chi connectivity index (χ0n) is 20.9. The van der Waals surface area contributed by atoms with E-state index >= 15 is 0 Å². The number of aromatic nitrogens is 1. The lowest BCUT2D eigenvalue weighted by Crippen LogP contribution is -2.39. The third kappa shape index (κ3) is 4.63. The van der Waals surface area contributed by atoms with Crippen molar-refractivity contribution < 1.29 is 9.18 Å². The van der Waals surface area contributed by atoms with Crippen molar-refractivity contribution in [1.82, 2.24) is 9.47 Å². The van der Waals surface area contributed by atoms with Crippen LogP contribution < -0.4 is 5.43 Å². The second kappa shape index (κ2) is 9.49. The molecule has 0 aliphatic carbocycles. The van der Waals surface area contributed by atoms with Crippen LogP contribution in [0, 0.1) is 18.7 Å². The van der Waals surface area contributed by atoms with Crippen molar-refractivity contribution in [2.24, 2.45) is 5.92 Å². The van der Waals surface area contributed by atoms with Gasteiger partial charge in [-0.05, 0) is 48.6 Å². The predicted molar refractivity (Wildman–Crippen MR) is 141 cm³/mol. The molecule has 0 bridgehead atoms. The smallest absolute Gasteiger partial charge is 0.193 e. The maximum Gasteiger partial charge on any atom is 0.193 e. The number of pyridine rings is 1. The van der Waals surface area contributed by atoms with E-state index in [0.29, 0.717) is 17.8 Å². The van der Waals surface area contributed by atoms with E-state index < -0.39 is 0 Å². The number of allylic oxidation sites excluding steroid dienone is 2. The van der Waals surface area contributed by atoms with E-state index in [4.69, 9.17) is 0 Å². The Bertz CT molecular complexity index is 1410. The standard InChI is InChI=1S/C30H31FN2O2/c1-18(2)27-17-32(6)30(26-15-28(35)25(21(5)34)16-33(26)27)29(23-11-8-12-24(31)14-23)20(4)22-10-7-9-19(3)13-22/h7-16,18,27H,4,17H2,1-3,5-6H3/b30-29+. The van der Waals surface area contributed by atoms with Gasteiger partial charge in [0.25, 0.3) is 0 Å². The first kappa shape index (κ1) is 24.4. The number of fused-ring (bicyclic) bond motifs is 1. The Morgan fingerprint density at radius 3 is 2.40 bits per heavy atom. The summed E-state index contributed by atoms with van der Waals surface area (Å²) in [5, 5.41) is 0. The number of ketones is 1. The molecule has 4 rings (SSSR count). The fourth-order valence-corrected chi connectivity index (χ4v) is 4.86.